The van der Waals surface area contributed by atoms with Gasteiger partial charge in [-0.05, 0) is 70.8 Å². The molecule has 0 saturated carbocycles. The number of benzene rings is 2. The molecule has 0 radical (unpaired) electrons. The highest BCUT2D eigenvalue weighted by molar-refractivity contribution is 5.82. The topological polar surface area (TPSA) is 55.6 Å². The Kier molecular flexibility index (Phi) is 11.9. The lowest BCUT2D eigenvalue weighted by Gasteiger charge is -2.31. The monoisotopic (exact) mass is 450 g/mol. The fourth-order valence-corrected chi connectivity index (χ4v) is 4.25. The molecule has 0 spiro atoms. The molecule has 0 bridgehead atoms. The van der Waals surface area contributed by atoms with Crippen molar-refractivity contribution in [2.45, 2.75) is 63.9 Å². The number of hydrogen-bond acceptors (Lipinski definition) is 4. The molecule has 4 heteroatoms. The van der Waals surface area contributed by atoms with Crippen LogP contribution in [-0.2, 0) is 9.53 Å². The van der Waals surface area contributed by atoms with Crippen LogP contribution in [0.25, 0.3) is 0 Å². The first-order valence-corrected chi connectivity index (χ1v) is 12.3. The van der Waals surface area contributed by atoms with E-state index in [0.717, 1.165) is 51.6 Å². The van der Waals surface area contributed by atoms with Crippen LogP contribution in [0.4, 0.5) is 0 Å². The third-order valence-corrected chi connectivity index (χ3v) is 5.81. The van der Waals surface area contributed by atoms with Gasteiger partial charge in [-0.3, -0.25) is 0 Å². The summed E-state index contributed by atoms with van der Waals surface area (Å²) in [4.78, 5) is 14.5. The average molecular weight is 451 g/mol. The quantitative estimate of drug-likeness (QED) is 0.208. The number of carbonyl (C=O) groups is 1. The van der Waals surface area contributed by atoms with Crippen LogP contribution in [0.15, 0.2) is 72.8 Å². The Labute approximate surface area is 200 Å². The second-order valence-electron chi connectivity index (χ2n) is 9.48. The highest BCUT2D eigenvalue weighted by atomic mass is 16.6. The number of hydrogen-bond donors (Lipinski definition) is 1. The van der Waals surface area contributed by atoms with E-state index in [0.29, 0.717) is 12.5 Å². The van der Waals surface area contributed by atoms with E-state index in [1.807, 2.05) is 19.9 Å². The van der Waals surface area contributed by atoms with Gasteiger partial charge in [0, 0.05) is 18.5 Å². The molecule has 33 heavy (non-hydrogen) atoms. The third-order valence-electron chi connectivity index (χ3n) is 5.81. The number of nitrogens with two attached hydrogens (primary N) is 1. The van der Waals surface area contributed by atoms with Crippen LogP contribution in [-0.4, -0.2) is 43.2 Å². The molecular weight excluding hydrogens is 408 g/mol. The Hall–Kier alpha value is -2.43. The number of rotatable bonds is 15. The summed E-state index contributed by atoms with van der Waals surface area (Å²) in [5.74, 6) is 0.0788. The van der Waals surface area contributed by atoms with Gasteiger partial charge in [0.15, 0.2) is 0 Å². The molecule has 2 aromatic rings. The lowest BCUT2D eigenvalue weighted by molar-refractivity contribution is -0.151. The van der Waals surface area contributed by atoms with Crippen molar-refractivity contribution in [2.24, 2.45) is 5.73 Å². The molecule has 4 nitrogen and oxygen atoms in total. The van der Waals surface area contributed by atoms with Crippen LogP contribution in [0.1, 0.15) is 69.4 Å². The van der Waals surface area contributed by atoms with Crippen LogP contribution in [0.3, 0.4) is 0 Å². The van der Waals surface area contributed by atoms with Crippen molar-refractivity contribution < 1.29 is 9.53 Å². The zero-order valence-electron chi connectivity index (χ0n) is 20.7. The first-order valence-electron chi connectivity index (χ1n) is 12.3. The summed E-state index contributed by atoms with van der Waals surface area (Å²) in [5.41, 5.74) is 7.62. The summed E-state index contributed by atoms with van der Waals surface area (Å²) in [6, 6.07) is 21.3. The summed E-state index contributed by atoms with van der Waals surface area (Å²) in [7, 11) is 2.10. The predicted molar refractivity (Wildman–Crippen MR) is 138 cm³/mol. The first kappa shape index (κ1) is 26.8. The molecule has 0 aromatic heterocycles. The number of esters is 1. The van der Waals surface area contributed by atoms with Gasteiger partial charge in [0.2, 0.25) is 0 Å². The number of likely N-dealkylation sites (N-methyl/N-ethyl adjacent to an activating group) is 1. The number of ether oxygens (including phenoxy) is 1. The molecule has 180 valence electrons. The van der Waals surface area contributed by atoms with Crippen molar-refractivity contribution in [1.29, 1.82) is 0 Å². The van der Waals surface area contributed by atoms with E-state index >= 15 is 0 Å². The fourth-order valence-electron chi connectivity index (χ4n) is 4.25. The SMILES string of the molecule is CN(CCC(c1ccccc1)c1ccccc1)CC(C)(C)OC(=O)C=CCCCCCCN. The van der Waals surface area contributed by atoms with Gasteiger partial charge in [0.05, 0.1) is 0 Å². The van der Waals surface area contributed by atoms with Crippen LogP contribution >= 0.6 is 0 Å². The molecule has 2 aromatic carbocycles. The number of carbonyl (C=O) groups excluding carboxylic acids is 1. The molecule has 0 unspecified atom stereocenters. The van der Waals surface area contributed by atoms with Gasteiger partial charge in [0.1, 0.15) is 5.60 Å². The van der Waals surface area contributed by atoms with Crippen molar-refractivity contribution in [3.8, 4) is 0 Å². The van der Waals surface area contributed by atoms with E-state index in [4.69, 9.17) is 10.5 Å². The lowest BCUT2D eigenvalue weighted by atomic mass is 9.88. The average Bonchev–Trinajstić information content (AvgIpc) is 2.79. The van der Waals surface area contributed by atoms with E-state index < -0.39 is 5.60 Å². The largest absolute Gasteiger partial charge is 0.455 e. The Morgan fingerprint density at radius 2 is 1.55 bits per heavy atom. The van der Waals surface area contributed by atoms with Crippen molar-refractivity contribution >= 4 is 5.97 Å². The zero-order valence-corrected chi connectivity index (χ0v) is 20.7. The maximum absolute atomic E-state index is 12.3. The molecule has 0 atom stereocenters. The summed E-state index contributed by atoms with van der Waals surface area (Å²) < 4.78 is 5.75. The van der Waals surface area contributed by atoms with Gasteiger partial charge in [-0.25, -0.2) is 4.79 Å². The van der Waals surface area contributed by atoms with Crippen LogP contribution in [0, 0.1) is 0 Å². The minimum Gasteiger partial charge on any atom is -0.455 e. The Morgan fingerprint density at radius 3 is 2.12 bits per heavy atom. The van der Waals surface area contributed by atoms with Gasteiger partial charge in [-0.2, -0.15) is 0 Å². The standard InChI is InChI=1S/C29H42N2O2/c1-29(2,33-28(32)20-14-6-4-5-7-15-22-30)24-31(3)23-21-27(25-16-10-8-11-17-25)26-18-12-9-13-19-26/h8-14,16-20,27H,4-7,15,21-24,30H2,1-3H3. The third kappa shape index (κ3) is 10.8. The van der Waals surface area contributed by atoms with Crippen molar-refractivity contribution in [2.75, 3.05) is 26.7 Å². The minimum atomic E-state index is -0.549. The molecule has 0 aliphatic heterocycles. The zero-order chi connectivity index (χ0) is 23.9. The highest BCUT2D eigenvalue weighted by Crippen LogP contribution is 2.28. The fraction of sp³-hybridized carbons (Fsp3) is 0.483. The maximum atomic E-state index is 12.3. The maximum Gasteiger partial charge on any atom is 0.330 e. The van der Waals surface area contributed by atoms with Gasteiger partial charge in [-0.1, -0.05) is 79.6 Å². The summed E-state index contributed by atoms with van der Waals surface area (Å²) in [5, 5.41) is 0. The Morgan fingerprint density at radius 1 is 0.970 bits per heavy atom. The molecule has 0 aliphatic carbocycles. The second-order valence-corrected chi connectivity index (χ2v) is 9.48. The molecule has 0 fully saturated rings. The second kappa shape index (κ2) is 14.7. The van der Waals surface area contributed by atoms with Crippen LogP contribution in [0.5, 0.6) is 0 Å². The van der Waals surface area contributed by atoms with Gasteiger partial charge in [-0.15, -0.1) is 0 Å². The number of unbranched alkanes of at least 4 members (excludes halogenated alkanes) is 4. The molecule has 2 N–H and O–H groups in total. The molecule has 0 heterocycles. The predicted octanol–water partition coefficient (Wildman–Crippen LogP) is 5.93. The van der Waals surface area contributed by atoms with E-state index in [-0.39, 0.29) is 5.97 Å². The Bertz CT molecular complexity index is 779. The molecule has 0 saturated heterocycles. The van der Waals surface area contributed by atoms with Crippen molar-refractivity contribution in [1.82, 2.24) is 4.90 Å². The van der Waals surface area contributed by atoms with Gasteiger partial charge in [0.25, 0.3) is 0 Å². The molecular formula is C29H42N2O2. The van der Waals surface area contributed by atoms with E-state index in [9.17, 15) is 4.79 Å². The molecule has 0 amide bonds. The molecule has 0 aliphatic rings. The van der Waals surface area contributed by atoms with Crippen molar-refractivity contribution in [3.63, 3.8) is 0 Å². The van der Waals surface area contributed by atoms with Gasteiger partial charge < -0.3 is 15.4 Å². The van der Waals surface area contributed by atoms with Crippen LogP contribution < -0.4 is 5.73 Å². The highest BCUT2D eigenvalue weighted by Gasteiger charge is 2.24. The van der Waals surface area contributed by atoms with Gasteiger partial charge >= 0.3 is 5.97 Å². The summed E-state index contributed by atoms with van der Waals surface area (Å²) in [6.45, 7) is 6.31. The minimum absolute atomic E-state index is 0.262. The van der Waals surface area contributed by atoms with Crippen molar-refractivity contribution in [3.05, 3.63) is 83.9 Å². The number of nitrogens with zero attached hydrogens (tertiary/aromatic N) is 1. The smallest absolute Gasteiger partial charge is 0.330 e. The van der Waals surface area contributed by atoms with E-state index in [1.54, 1.807) is 6.08 Å². The number of allylic oxidation sites excluding steroid dienone is 1. The lowest BCUT2D eigenvalue weighted by Crippen LogP contribution is -2.40. The summed E-state index contributed by atoms with van der Waals surface area (Å²) in [6.07, 6.45) is 9.87. The van der Waals surface area contributed by atoms with Crippen LogP contribution in [0.2, 0.25) is 0 Å². The normalized spacial score (nSPS) is 12.1. The summed E-state index contributed by atoms with van der Waals surface area (Å²) >= 11 is 0. The molecule has 2 rings (SSSR count). The Balaban J connectivity index is 1.82. The first-order chi connectivity index (χ1) is 15.9. The van der Waals surface area contributed by atoms with E-state index in [1.165, 1.54) is 11.1 Å². The van der Waals surface area contributed by atoms with E-state index in [2.05, 4.69) is 72.6 Å².